The second kappa shape index (κ2) is 7.87. The van der Waals surface area contributed by atoms with Crippen LogP contribution in [0.2, 0.25) is 0 Å². The Morgan fingerprint density at radius 2 is 1.21 bits per heavy atom. The van der Waals surface area contributed by atoms with Gasteiger partial charge in [0.15, 0.2) is 0 Å². The van der Waals surface area contributed by atoms with Gasteiger partial charge in [0.2, 0.25) is 5.65 Å². The van der Waals surface area contributed by atoms with Crippen LogP contribution in [0.1, 0.15) is 48.5 Å². The lowest BCUT2D eigenvalue weighted by atomic mass is 9.90. The van der Waals surface area contributed by atoms with Crippen molar-refractivity contribution in [3.63, 3.8) is 0 Å². The molecule has 0 radical (unpaired) electrons. The predicted molar refractivity (Wildman–Crippen MR) is 122 cm³/mol. The Labute approximate surface area is 176 Å². The van der Waals surface area contributed by atoms with Gasteiger partial charge in [-0.3, -0.25) is 4.79 Å². The van der Waals surface area contributed by atoms with Crippen LogP contribution < -0.4 is 10.6 Å². The zero-order chi connectivity index (χ0) is 21.4. The molecule has 29 heavy (non-hydrogen) atoms. The molecule has 0 aliphatic carbocycles. The van der Waals surface area contributed by atoms with Crippen LogP contribution in [0.4, 0.5) is 4.79 Å². The third-order valence-corrected chi connectivity index (χ3v) is 7.83. The van der Waals surface area contributed by atoms with Crippen LogP contribution in [0.15, 0.2) is 60.7 Å². The van der Waals surface area contributed by atoms with Crippen LogP contribution in [0.3, 0.4) is 0 Å². The van der Waals surface area contributed by atoms with E-state index in [9.17, 15) is 4.79 Å². The molecule has 0 atom stereocenters. The van der Waals surface area contributed by atoms with Gasteiger partial charge in [0.25, 0.3) is 0 Å². The Bertz CT molecular complexity index is 794. The maximum absolute atomic E-state index is 14.1. The van der Waals surface area contributed by atoms with Crippen molar-refractivity contribution in [1.29, 1.82) is 0 Å². The summed E-state index contributed by atoms with van der Waals surface area (Å²) in [6.07, 6.45) is 0. The maximum Gasteiger partial charge on any atom is 0.597 e. The molecule has 0 aromatic heterocycles. The Morgan fingerprint density at radius 3 is 1.55 bits per heavy atom. The first-order chi connectivity index (χ1) is 13.4. The van der Waals surface area contributed by atoms with Crippen molar-refractivity contribution in [3.8, 4) is 0 Å². The molecule has 1 aliphatic rings. The summed E-state index contributed by atoms with van der Waals surface area (Å²) in [5, 5.41) is 2.04. The summed E-state index contributed by atoms with van der Waals surface area (Å²) >= 11 is 0. The standard InChI is InChI=1S/C23H31BNO3P/c1-21(2,3)25(24-27-22(4,5)23(6,7)28-24)20(26)29(18-14-10-8-11-15-18)19-16-12-9-13-17-19/h8-17H,1-7H3. The number of benzene rings is 2. The van der Waals surface area contributed by atoms with Crippen molar-refractivity contribution in [2.24, 2.45) is 0 Å². The fourth-order valence-electron chi connectivity index (χ4n) is 3.24. The number of hydrogen-bond acceptors (Lipinski definition) is 3. The SMILES string of the molecule is CC(C)(C)N(B1OC(C)(C)C(C)(C)O1)C(=O)P(c1ccccc1)c1ccccc1. The van der Waals surface area contributed by atoms with Gasteiger partial charge in [-0.05, 0) is 59.1 Å². The van der Waals surface area contributed by atoms with E-state index in [0.717, 1.165) is 10.6 Å². The Balaban J connectivity index is 2.06. The van der Waals surface area contributed by atoms with Gasteiger partial charge in [0.1, 0.15) is 0 Å². The average Bonchev–Trinajstić information content (AvgIpc) is 2.82. The van der Waals surface area contributed by atoms with E-state index in [1.54, 1.807) is 4.81 Å². The van der Waals surface area contributed by atoms with E-state index in [-0.39, 0.29) is 5.65 Å². The van der Waals surface area contributed by atoms with Gasteiger partial charge in [-0.15, -0.1) is 0 Å². The van der Waals surface area contributed by atoms with Gasteiger partial charge in [0.05, 0.1) is 11.2 Å². The average molecular weight is 411 g/mol. The lowest BCUT2D eigenvalue weighted by molar-refractivity contribution is 0.00578. The monoisotopic (exact) mass is 411 g/mol. The molecule has 1 fully saturated rings. The first-order valence-electron chi connectivity index (χ1n) is 10.0. The van der Waals surface area contributed by atoms with Crippen LogP contribution in [-0.4, -0.2) is 34.5 Å². The van der Waals surface area contributed by atoms with Crippen LogP contribution in [0.25, 0.3) is 0 Å². The fraction of sp³-hybridized carbons (Fsp3) is 0.435. The summed E-state index contributed by atoms with van der Waals surface area (Å²) < 4.78 is 12.6. The zero-order valence-corrected chi connectivity index (χ0v) is 19.4. The van der Waals surface area contributed by atoms with Crippen LogP contribution >= 0.6 is 7.92 Å². The third kappa shape index (κ3) is 4.43. The predicted octanol–water partition coefficient (Wildman–Crippen LogP) is 4.93. The topological polar surface area (TPSA) is 38.8 Å². The molecule has 2 aromatic rings. The normalized spacial score (nSPS) is 18.1. The van der Waals surface area contributed by atoms with Crippen molar-refractivity contribution < 1.29 is 14.1 Å². The molecule has 154 valence electrons. The fourth-order valence-corrected chi connectivity index (χ4v) is 5.53. The highest BCUT2D eigenvalue weighted by molar-refractivity contribution is 7.87. The summed E-state index contributed by atoms with van der Waals surface area (Å²) in [5.41, 5.74) is -1.46. The van der Waals surface area contributed by atoms with Crippen molar-refractivity contribution in [1.82, 2.24) is 4.81 Å². The van der Waals surface area contributed by atoms with E-state index in [1.807, 2.05) is 109 Å². The second-order valence-electron chi connectivity index (χ2n) is 9.39. The molecular weight excluding hydrogens is 380 g/mol. The highest BCUT2D eigenvalue weighted by atomic mass is 31.1. The molecule has 1 heterocycles. The molecule has 4 nitrogen and oxygen atoms in total. The van der Waals surface area contributed by atoms with E-state index in [2.05, 4.69) is 0 Å². The molecule has 1 aliphatic heterocycles. The Morgan fingerprint density at radius 1 is 0.828 bits per heavy atom. The van der Waals surface area contributed by atoms with E-state index >= 15 is 0 Å². The van der Waals surface area contributed by atoms with Gasteiger partial charge < -0.3 is 14.1 Å². The van der Waals surface area contributed by atoms with Crippen LogP contribution in [0, 0.1) is 0 Å². The molecule has 0 saturated carbocycles. The molecular formula is C23H31BNO3P. The summed E-state index contributed by atoms with van der Waals surface area (Å²) in [6, 6.07) is 20.0. The number of amides is 1. The summed E-state index contributed by atoms with van der Waals surface area (Å²) in [6.45, 7) is 14.1. The number of carbonyl (C=O) groups excluding carboxylic acids is 1. The second-order valence-corrected chi connectivity index (χ2v) is 11.5. The van der Waals surface area contributed by atoms with E-state index in [4.69, 9.17) is 9.31 Å². The van der Waals surface area contributed by atoms with Gasteiger partial charge in [-0.25, -0.2) is 0 Å². The number of nitrogens with zero attached hydrogens (tertiary/aromatic N) is 1. The minimum Gasteiger partial charge on any atom is -0.384 e. The zero-order valence-electron chi connectivity index (χ0n) is 18.5. The largest absolute Gasteiger partial charge is 0.597 e. The van der Waals surface area contributed by atoms with E-state index in [1.165, 1.54) is 0 Å². The summed E-state index contributed by atoms with van der Waals surface area (Å²) in [7, 11) is -2.00. The Hall–Kier alpha value is -1.68. The minimum atomic E-state index is -1.27. The molecule has 3 rings (SSSR count). The first kappa shape index (κ1) is 22.0. The van der Waals surface area contributed by atoms with Crippen molar-refractivity contribution >= 4 is 31.4 Å². The molecule has 1 saturated heterocycles. The van der Waals surface area contributed by atoms with Crippen LogP contribution in [-0.2, 0) is 9.31 Å². The highest BCUT2D eigenvalue weighted by Crippen LogP contribution is 2.44. The van der Waals surface area contributed by atoms with Gasteiger partial charge in [-0.2, -0.15) is 0 Å². The minimum absolute atomic E-state index is 0.0309. The van der Waals surface area contributed by atoms with E-state index < -0.39 is 31.9 Å². The van der Waals surface area contributed by atoms with Crippen molar-refractivity contribution in [2.45, 2.75) is 65.2 Å². The van der Waals surface area contributed by atoms with Gasteiger partial charge >= 0.3 is 7.25 Å². The lowest BCUT2D eigenvalue weighted by Crippen LogP contribution is -2.55. The summed E-state index contributed by atoms with van der Waals surface area (Å²) in [4.78, 5) is 15.9. The first-order valence-corrected chi connectivity index (χ1v) is 11.4. The molecule has 0 spiro atoms. The third-order valence-electron chi connectivity index (χ3n) is 5.60. The maximum atomic E-state index is 14.1. The molecule has 2 aromatic carbocycles. The molecule has 0 unspecified atom stereocenters. The van der Waals surface area contributed by atoms with Crippen molar-refractivity contribution in [2.75, 3.05) is 0 Å². The quantitative estimate of drug-likeness (QED) is 0.529. The van der Waals surface area contributed by atoms with Gasteiger partial charge in [0, 0.05) is 13.5 Å². The molecule has 0 bridgehead atoms. The molecule has 1 amide bonds. The molecule has 0 N–H and O–H groups in total. The lowest BCUT2D eigenvalue weighted by Gasteiger charge is -2.39. The smallest absolute Gasteiger partial charge is 0.384 e. The van der Waals surface area contributed by atoms with Crippen LogP contribution in [0.5, 0.6) is 0 Å². The van der Waals surface area contributed by atoms with Gasteiger partial charge in [-0.1, -0.05) is 60.7 Å². The number of hydrogen-bond donors (Lipinski definition) is 0. The molecule has 6 heteroatoms. The van der Waals surface area contributed by atoms with Crippen molar-refractivity contribution in [3.05, 3.63) is 60.7 Å². The van der Waals surface area contributed by atoms with E-state index in [0.29, 0.717) is 0 Å². The Kier molecular flexibility index (Phi) is 5.97. The number of rotatable bonds is 4. The summed E-state index contributed by atoms with van der Waals surface area (Å²) in [5.74, 6) is 0. The highest BCUT2D eigenvalue weighted by Gasteiger charge is 2.57. The number of carbonyl (C=O) groups is 1.